The minimum Gasteiger partial charge on any atom is -0.459 e. The highest BCUT2D eigenvalue weighted by Gasteiger charge is 2.13. The number of halogens is 1. The van der Waals surface area contributed by atoms with Crippen molar-refractivity contribution in [2.45, 2.75) is 13.3 Å². The fourth-order valence-electron chi connectivity index (χ4n) is 2.10. The van der Waals surface area contributed by atoms with Gasteiger partial charge in [-0.25, -0.2) is 4.98 Å². The number of rotatable bonds is 5. The highest BCUT2D eigenvalue weighted by atomic mass is 35.5. The van der Waals surface area contributed by atoms with Gasteiger partial charge in [-0.2, -0.15) is 0 Å². The van der Waals surface area contributed by atoms with E-state index in [0.29, 0.717) is 21.5 Å². The molecule has 2 amide bonds. The van der Waals surface area contributed by atoms with E-state index in [4.69, 9.17) is 16.0 Å². The molecule has 25 heavy (non-hydrogen) atoms. The van der Waals surface area contributed by atoms with Gasteiger partial charge in [0.2, 0.25) is 5.91 Å². The van der Waals surface area contributed by atoms with Crippen LogP contribution in [0.2, 0.25) is 5.02 Å². The molecule has 0 saturated heterocycles. The molecular weight excluding hydrogens is 362 g/mol. The molecule has 0 spiro atoms. The molecule has 6 nitrogen and oxygen atoms in total. The van der Waals surface area contributed by atoms with Crippen LogP contribution in [0.1, 0.15) is 21.8 Å². The van der Waals surface area contributed by atoms with Crippen LogP contribution in [0.4, 0.5) is 10.8 Å². The Labute approximate surface area is 152 Å². The molecule has 8 heteroatoms. The third-order valence-corrected chi connectivity index (χ3v) is 4.37. The largest absolute Gasteiger partial charge is 0.459 e. The van der Waals surface area contributed by atoms with Gasteiger partial charge in [0.05, 0.1) is 18.4 Å². The molecule has 0 aliphatic carbocycles. The molecule has 1 aromatic carbocycles. The topological polar surface area (TPSA) is 84.2 Å². The number of thiazole rings is 1. The first-order chi connectivity index (χ1) is 12.0. The number of aryl methyl sites for hydroxylation is 1. The van der Waals surface area contributed by atoms with Crippen LogP contribution >= 0.6 is 22.9 Å². The van der Waals surface area contributed by atoms with Crippen molar-refractivity contribution in [2.24, 2.45) is 0 Å². The van der Waals surface area contributed by atoms with Gasteiger partial charge >= 0.3 is 0 Å². The summed E-state index contributed by atoms with van der Waals surface area (Å²) in [7, 11) is 0. The average molecular weight is 376 g/mol. The van der Waals surface area contributed by atoms with E-state index in [9.17, 15) is 9.59 Å². The fraction of sp³-hybridized carbons (Fsp3) is 0.118. The summed E-state index contributed by atoms with van der Waals surface area (Å²) >= 11 is 7.19. The van der Waals surface area contributed by atoms with Crippen LogP contribution in [0.5, 0.6) is 0 Å². The zero-order valence-electron chi connectivity index (χ0n) is 13.2. The minimum absolute atomic E-state index is 0.0963. The predicted molar refractivity (Wildman–Crippen MR) is 97.3 cm³/mol. The molecule has 0 fully saturated rings. The smallest absolute Gasteiger partial charge is 0.293 e. The predicted octanol–water partition coefficient (Wildman–Crippen LogP) is 4.13. The molecule has 0 saturated carbocycles. The molecule has 2 aromatic heterocycles. The molecule has 0 unspecified atom stereocenters. The van der Waals surface area contributed by atoms with E-state index in [-0.39, 0.29) is 24.0 Å². The van der Waals surface area contributed by atoms with Crippen molar-refractivity contribution in [1.29, 1.82) is 0 Å². The van der Waals surface area contributed by atoms with Crippen LogP contribution in [-0.4, -0.2) is 16.8 Å². The summed E-state index contributed by atoms with van der Waals surface area (Å²) in [5, 5.41) is 8.12. The normalized spacial score (nSPS) is 10.5. The quantitative estimate of drug-likeness (QED) is 0.702. The Morgan fingerprint density at radius 3 is 2.88 bits per heavy atom. The third-order valence-electron chi connectivity index (χ3n) is 3.33. The Morgan fingerprint density at radius 1 is 1.28 bits per heavy atom. The van der Waals surface area contributed by atoms with E-state index in [0.717, 1.165) is 5.56 Å². The second-order valence-electron chi connectivity index (χ2n) is 5.26. The second kappa shape index (κ2) is 7.50. The number of carbonyl (C=O) groups is 2. The first-order valence-electron chi connectivity index (χ1n) is 7.36. The number of anilines is 2. The maximum absolute atomic E-state index is 12.2. The lowest BCUT2D eigenvalue weighted by molar-refractivity contribution is -0.115. The third kappa shape index (κ3) is 4.46. The van der Waals surface area contributed by atoms with E-state index in [1.54, 1.807) is 29.6 Å². The number of hydrogen-bond acceptors (Lipinski definition) is 5. The van der Waals surface area contributed by atoms with Crippen molar-refractivity contribution in [3.05, 3.63) is 64.0 Å². The van der Waals surface area contributed by atoms with Gasteiger partial charge in [-0.15, -0.1) is 11.3 Å². The summed E-state index contributed by atoms with van der Waals surface area (Å²) in [6, 6.07) is 8.49. The number of hydrogen-bond donors (Lipinski definition) is 2. The van der Waals surface area contributed by atoms with Crippen LogP contribution in [0, 0.1) is 6.92 Å². The number of nitrogens with zero attached hydrogens (tertiary/aromatic N) is 1. The van der Waals surface area contributed by atoms with Gasteiger partial charge in [-0.3, -0.25) is 14.9 Å². The zero-order valence-corrected chi connectivity index (χ0v) is 14.8. The molecule has 0 aliphatic rings. The molecule has 2 heterocycles. The number of amides is 2. The molecule has 3 rings (SSSR count). The number of carbonyl (C=O) groups excluding carboxylic acids is 2. The van der Waals surface area contributed by atoms with Gasteiger partial charge in [0.25, 0.3) is 5.91 Å². The first-order valence-corrected chi connectivity index (χ1v) is 8.62. The van der Waals surface area contributed by atoms with Crippen molar-refractivity contribution in [3.63, 3.8) is 0 Å². The Balaban J connectivity index is 1.60. The van der Waals surface area contributed by atoms with Gasteiger partial charge in [0, 0.05) is 16.1 Å². The van der Waals surface area contributed by atoms with E-state index in [1.165, 1.54) is 17.6 Å². The summed E-state index contributed by atoms with van der Waals surface area (Å²) in [6.07, 6.45) is 1.52. The molecule has 3 aromatic rings. The van der Waals surface area contributed by atoms with Crippen LogP contribution in [0.3, 0.4) is 0 Å². The lowest BCUT2D eigenvalue weighted by atomic mass is 10.2. The number of furan rings is 1. The molecule has 0 bridgehead atoms. The highest BCUT2D eigenvalue weighted by molar-refractivity contribution is 7.14. The second-order valence-corrected chi connectivity index (χ2v) is 6.55. The van der Waals surface area contributed by atoms with E-state index < -0.39 is 0 Å². The SMILES string of the molecule is Cc1ccc(Cl)cc1NC(=O)Cc1csc(NC(=O)c2ccco2)n1. The van der Waals surface area contributed by atoms with Gasteiger partial charge in [0.1, 0.15) is 0 Å². The van der Waals surface area contributed by atoms with E-state index in [1.807, 2.05) is 13.0 Å². The van der Waals surface area contributed by atoms with Gasteiger partial charge in [-0.05, 0) is 36.8 Å². The van der Waals surface area contributed by atoms with Crippen molar-refractivity contribution in [2.75, 3.05) is 10.6 Å². The number of benzene rings is 1. The van der Waals surface area contributed by atoms with Gasteiger partial charge in [-0.1, -0.05) is 17.7 Å². The van der Waals surface area contributed by atoms with Crippen LogP contribution in [0.15, 0.2) is 46.4 Å². The van der Waals surface area contributed by atoms with E-state index >= 15 is 0 Å². The molecule has 2 N–H and O–H groups in total. The minimum atomic E-state index is -0.384. The molecule has 128 valence electrons. The standard InChI is InChI=1S/C17H14ClN3O3S/c1-10-4-5-11(18)7-13(10)20-15(22)8-12-9-25-17(19-12)21-16(23)14-3-2-6-24-14/h2-7,9H,8H2,1H3,(H,20,22)(H,19,21,23). The molecule has 0 aliphatic heterocycles. The molecule has 0 atom stereocenters. The zero-order chi connectivity index (χ0) is 17.8. The average Bonchev–Trinajstić information content (AvgIpc) is 3.23. The van der Waals surface area contributed by atoms with Crippen molar-refractivity contribution >= 4 is 45.6 Å². The highest BCUT2D eigenvalue weighted by Crippen LogP contribution is 2.21. The first kappa shape index (κ1) is 17.2. The van der Waals surface area contributed by atoms with Crippen LogP contribution in [-0.2, 0) is 11.2 Å². The summed E-state index contributed by atoms with van der Waals surface area (Å²) in [4.78, 5) is 28.3. The van der Waals surface area contributed by atoms with Crippen molar-refractivity contribution in [1.82, 2.24) is 4.98 Å². The maximum atomic E-state index is 12.2. The van der Waals surface area contributed by atoms with Crippen molar-refractivity contribution in [3.8, 4) is 0 Å². The van der Waals surface area contributed by atoms with Gasteiger partial charge < -0.3 is 9.73 Å². The van der Waals surface area contributed by atoms with Crippen molar-refractivity contribution < 1.29 is 14.0 Å². The van der Waals surface area contributed by atoms with Gasteiger partial charge in [0.15, 0.2) is 10.9 Å². The van der Waals surface area contributed by atoms with Crippen LogP contribution < -0.4 is 10.6 Å². The van der Waals surface area contributed by atoms with E-state index in [2.05, 4.69) is 15.6 Å². The van der Waals surface area contributed by atoms with Crippen LogP contribution in [0.25, 0.3) is 0 Å². The lowest BCUT2D eigenvalue weighted by Gasteiger charge is -2.08. The number of aromatic nitrogens is 1. The maximum Gasteiger partial charge on any atom is 0.293 e. The molecular formula is C17H14ClN3O3S. The summed E-state index contributed by atoms with van der Waals surface area (Å²) in [6.45, 7) is 1.89. The Kier molecular flexibility index (Phi) is 5.16. The molecule has 0 radical (unpaired) electrons. The summed E-state index contributed by atoms with van der Waals surface area (Å²) in [5.74, 6) is -0.393. The Hall–Kier alpha value is -2.64. The lowest BCUT2D eigenvalue weighted by Crippen LogP contribution is -2.15. The Bertz CT molecular complexity index is 906. The fourth-order valence-corrected chi connectivity index (χ4v) is 2.98. The summed E-state index contributed by atoms with van der Waals surface area (Å²) in [5.41, 5.74) is 2.15. The number of nitrogens with one attached hydrogen (secondary N) is 2. The monoisotopic (exact) mass is 375 g/mol. The summed E-state index contributed by atoms with van der Waals surface area (Å²) < 4.78 is 5.02. The Morgan fingerprint density at radius 2 is 2.12 bits per heavy atom.